The monoisotopic (exact) mass is 531 g/mol. The summed E-state index contributed by atoms with van der Waals surface area (Å²) in [7, 11) is 0. The van der Waals surface area contributed by atoms with E-state index in [1.54, 1.807) is 6.07 Å². The van der Waals surface area contributed by atoms with Gasteiger partial charge >= 0.3 is 6.36 Å². The van der Waals surface area contributed by atoms with Crippen LogP contribution in [0.1, 0.15) is 42.9 Å². The molecule has 1 atom stereocenters. The zero-order valence-electron chi connectivity index (χ0n) is 18.4. The molecular formula is C22H19ClF5N5O3. The number of hydrogen-bond acceptors (Lipinski definition) is 6. The van der Waals surface area contributed by atoms with Gasteiger partial charge in [-0.3, -0.25) is 14.5 Å². The smallest absolute Gasteiger partial charge is 0.406 e. The number of amides is 2. The topological polar surface area (TPSA) is 108 Å². The molecule has 1 aliphatic carbocycles. The van der Waals surface area contributed by atoms with Crippen LogP contribution in [0.3, 0.4) is 0 Å². The molecule has 0 spiro atoms. The van der Waals surface area contributed by atoms with Crippen molar-refractivity contribution < 1.29 is 36.3 Å². The molecule has 1 aromatic heterocycles. The van der Waals surface area contributed by atoms with E-state index in [9.17, 15) is 36.8 Å². The molecule has 1 fully saturated rings. The molecule has 1 N–H and O–H groups in total. The molecule has 1 saturated carbocycles. The molecule has 8 nitrogen and oxygen atoms in total. The minimum Gasteiger partial charge on any atom is -0.406 e. The minimum absolute atomic E-state index is 0.00682. The van der Waals surface area contributed by atoms with E-state index in [1.165, 1.54) is 18.7 Å². The fourth-order valence-electron chi connectivity index (χ4n) is 3.83. The van der Waals surface area contributed by atoms with Crippen LogP contribution in [-0.2, 0) is 9.59 Å². The molecule has 36 heavy (non-hydrogen) atoms. The first-order valence-corrected chi connectivity index (χ1v) is 11.1. The van der Waals surface area contributed by atoms with Crippen molar-refractivity contribution in [2.24, 2.45) is 0 Å². The van der Waals surface area contributed by atoms with Gasteiger partial charge in [-0.2, -0.15) is 5.26 Å². The van der Waals surface area contributed by atoms with Gasteiger partial charge in [0.1, 0.15) is 30.1 Å². The summed E-state index contributed by atoms with van der Waals surface area (Å²) in [4.78, 5) is 34.9. The van der Waals surface area contributed by atoms with Gasteiger partial charge in [-0.15, -0.1) is 24.8 Å². The van der Waals surface area contributed by atoms with Crippen LogP contribution in [0.5, 0.6) is 5.75 Å². The van der Waals surface area contributed by atoms with E-state index in [2.05, 4.69) is 20.0 Å². The average Bonchev–Trinajstić information content (AvgIpc) is 2.83. The Hall–Kier alpha value is -3.53. The van der Waals surface area contributed by atoms with E-state index in [0.717, 1.165) is 23.1 Å². The van der Waals surface area contributed by atoms with Gasteiger partial charge in [0.15, 0.2) is 0 Å². The number of rotatable bonds is 7. The number of carbonyl (C=O) groups is 2. The summed E-state index contributed by atoms with van der Waals surface area (Å²) in [5, 5.41) is 12.2. The van der Waals surface area contributed by atoms with E-state index >= 15 is 0 Å². The Morgan fingerprint density at radius 3 is 2.44 bits per heavy atom. The van der Waals surface area contributed by atoms with Gasteiger partial charge in [0.2, 0.25) is 17.7 Å². The Bertz CT molecular complexity index is 1130. The predicted octanol–water partition coefficient (Wildman–Crippen LogP) is 4.25. The zero-order valence-corrected chi connectivity index (χ0v) is 19.2. The highest BCUT2D eigenvalue weighted by molar-refractivity contribution is 6.30. The van der Waals surface area contributed by atoms with Gasteiger partial charge in [-0.25, -0.2) is 18.7 Å². The molecular weight excluding hydrogens is 513 g/mol. The van der Waals surface area contributed by atoms with Crippen molar-refractivity contribution in [1.82, 2.24) is 15.3 Å². The third-order valence-electron chi connectivity index (χ3n) is 5.43. The van der Waals surface area contributed by atoms with Crippen LogP contribution in [0, 0.1) is 11.3 Å². The molecule has 1 aliphatic rings. The van der Waals surface area contributed by atoms with Gasteiger partial charge < -0.3 is 10.1 Å². The second-order valence-corrected chi connectivity index (χ2v) is 8.22. The Balaban J connectivity index is 2.03. The Morgan fingerprint density at radius 1 is 1.25 bits per heavy atom. The van der Waals surface area contributed by atoms with E-state index in [1.807, 2.05) is 0 Å². The van der Waals surface area contributed by atoms with E-state index in [0.29, 0.717) is 0 Å². The van der Waals surface area contributed by atoms with Crippen LogP contribution in [0.2, 0.25) is 0 Å². The maximum atomic E-state index is 13.6. The number of aromatic nitrogens is 2. The summed E-state index contributed by atoms with van der Waals surface area (Å²) in [5.41, 5.74) is -0.548. The highest BCUT2D eigenvalue weighted by Gasteiger charge is 2.39. The van der Waals surface area contributed by atoms with E-state index in [4.69, 9.17) is 11.6 Å². The van der Waals surface area contributed by atoms with Crippen LogP contribution in [0.25, 0.3) is 0 Å². The van der Waals surface area contributed by atoms with Gasteiger partial charge in [-0.1, -0.05) is 0 Å². The van der Waals surface area contributed by atoms with E-state index in [-0.39, 0.29) is 24.1 Å². The number of benzene rings is 1. The number of nitrogens with zero attached hydrogens (tertiary/aromatic N) is 4. The summed E-state index contributed by atoms with van der Waals surface area (Å²) in [6, 6.07) is 2.20. The van der Waals surface area contributed by atoms with Gasteiger partial charge in [0, 0.05) is 42.9 Å². The quantitative estimate of drug-likeness (QED) is 0.423. The van der Waals surface area contributed by atoms with Crippen molar-refractivity contribution in [3.63, 3.8) is 0 Å². The first kappa shape index (κ1) is 27.1. The molecule has 0 saturated heterocycles. The molecule has 1 unspecified atom stereocenters. The van der Waals surface area contributed by atoms with Crippen molar-refractivity contribution in [1.29, 1.82) is 5.26 Å². The van der Waals surface area contributed by atoms with Crippen molar-refractivity contribution in [2.75, 3.05) is 10.8 Å². The molecule has 2 aromatic rings. The number of carbonyl (C=O) groups excluding carboxylic acids is 2. The number of ether oxygens (including phenoxy) is 1. The molecule has 0 radical (unpaired) electrons. The van der Waals surface area contributed by atoms with Gasteiger partial charge in [-0.05, 0) is 25.0 Å². The fourth-order valence-corrected chi connectivity index (χ4v) is 3.96. The first-order valence-electron chi connectivity index (χ1n) is 10.5. The summed E-state index contributed by atoms with van der Waals surface area (Å²) in [6.07, 6.45) is -2.27. The highest BCUT2D eigenvalue weighted by Crippen LogP contribution is 2.36. The van der Waals surface area contributed by atoms with Gasteiger partial charge in [0.25, 0.3) is 0 Å². The number of nitriles is 1. The van der Waals surface area contributed by atoms with Crippen molar-refractivity contribution in [2.45, 2.75) is 50.1 Å². The van der Waals surface area contributed by atoms with Crippen LogP contribution in [0.15, 0.2) is 36.9 Å². The fraction of sp³-hybridized carbons (Fsp3) is 0.409. The van der Waals surface area contributed by atoms with Crippen LogP contribution < -0.4 is 15.0 Å². The van der Waals surface area contributed by atoms with Crippen molar-refractivity contribution in [3.8, 4) is 11.8 Å². The molecule has 192 valence electrons. The van der Waals surface area contributed by atoms with E-state index < -0.39 is 66.2 Å². The summed E-state index contributed by atoms with van der Waals surface area (Å²) >= 11 is 5.78. The lowest BCUT2D eigenvalue weighted by Gasteiger charge is -2.34. The molecule has 1 heterocycles. The molecule has 0 aliphatic heterocycles. The number of hydrogen-bond donors (Lipinski definition) is 1. The Labute approximate surface area is 207 Å². The van der Waals surface area contributed by atoms with Crippen LogP contribution in [-0.4, -0.2) is 46.0 Å². The molecule has 2 amide bonds. The SMILES string of the molecule is N#Cc1cc(OC(F)(F)F)ccc1N(C(=O)CCl)C(C(=O)NC1CCC(F)(F)CC1)c1cncnc1. The lowest BCUT2D eigenvalue weighted by atomic mass is 9.92. The lowest BCUT2D eigenvalue weighted by molar-refractivity contribution is -0.274. The average molecular weight is 532 g/mol. The minimum atomic E-state index is -5.03. The third-order valence-corrected chi connectivity index (χ3v) is 5.66. The normalized spacial score (nSPS) is 16.5. The van der Waals surface area contributed by atoms with Crippen LogP contribution >= 0.6 is 11.6 Å². The third kappa shape index (κ3) is 6.78. The summed E-state index contributed by atoms with van der Waals surface area (Å²) < 4.78 is 68.9. The van der Waals surface area contributed by atoms with Gasteiger partial charge in [0.05, 0.1) is 11.3 Å². The largest absolute Gasteiger partial charge is 0.573 e. The Morgan fingerprint density at radius 2 is 1.89 bits per heavy atom. The maximum Gasteiger partial charge on any atom is 0.573 e. The highest BCUT2D eigenvalue weighted by atomic mass is 35.5. The molecule has 1 aromatic carbocycles. The molecule has 14 heteroatoms. The summed E-state index contributed by atoms with van der Waals surface area (Å²) in [5.74, 6) is -5.86. The lowest BCUT2D eigenvalue weighted by Crippen LogP contribution is -2.49. The number of halogens is 6. The Kier molecular flexibility index (Phi) is 8.29. The molecule has 3 rings (SSSR count). The van der Waals surface area contributed by atoms with Crippen molar-refractivity contribution in [3.05, 3.63) is 48.0 Å². The maximum absolute atomic E-state index is 13.6. The first-order chi connectivity index (χ1) is 16.9. The number of anilines is 1. The second kappa shape index (κ2) is 11.0. The number of alkyl halides is 6. The summed E-state index contributed by atoms with van der Waals surface area (Å²) in [6.45, 7) is 0. The van der Waals surface area contributed by atoms with Crippen molar-refractivity contribution >= 4 is 29.1 Å². The zero-order chi connectivity index (χ0) is 26.5. The number of nitrogens with one attached hydrogen (secondary N) is 1. The predicted molar refractivity (Wildman–Crippen MR) is 116 cm³/mol. The standard InChI is InChI=1S/C22H19ClF5N5O3/c23-8-18(34)33(17-2-1-16(7-13(17)9-29)36-22(26,27)28)19(14-10-30-12-31-11-14)20(35)32-15-3-5-21(24,25)6-4-15/h1-2,7,10-12,15,19H,3-6,8H2,(H,32,35). The van der Waals surface area contributed by atoms with Crippen LogP contribution in [0.4, 0.5) is 27.6 Å². The molecule has 0 bridgehead atoms. The second-order valence-electron chi connectivity index (χ2n) is 7.95.